The molecule has 0 unspecified atom stereocenters. The molecule has 0 spiro atoms. The molecule has 3 heterocycles. The molecule has 1 aromatic heterocycles. The van der Waals surface area contributed by atoms with Gasteiger partial charge >= 0.3 is 0 Å². The van der Waals surface area contributed by atoms with Gasteiger partial charge in [-0.05, 0) is 55.7 Å². The first kappa shape index (κ1) is 19.0. The molecule has 2 aliphatic heterocycles. The highest BCUT2D eigenvalue weighted by Gasteiger charge is 2.24. The summed E-state index contributed by atoms with van der Waals surface area (Å²) in [6.07, 6.45) is 10.3. The Morgan fingerprint density at radius 2 is 1.61 bits per heavy atom. The van der Waals surface area contributed by atoms with E-state index in [4.69, 9.17) is 0 Å². The minimum Gasteiger partial charge on any atom is -0.370 e. The Hall–Kier alpha value is -2.36. The van der Waals surface area contributed by atoms with Crippen LogP contribution in [0.3, 0.4) is 0 Å². The van der Waals surface area contributed by atoms with E-state index in [1.807, 2.05) is 17.2 Å². The fraction of sp³-hybridized carbons (Fsp3) is 0.500. The molecule has 2 saturated heterocycles. The quantitative estimate of drug-likeness (QED) is 0.784. The standard InChI is InChI=1S/C24H31N3O/c28-24(23-11-10-22(19-25-23)26-14-6-1-2-7-15-26)27-16-12-21(13-17-27)18-20-8-4-3-5-9-20/h3-5,8-11,19,21H,1-2,6-7,12-18H2. The molecule has 0 N–H and O–H groups in total. The van der Waals surface area contributed by atoms with Gasteiger partial charge in [-0.1, -0.05) is 43.2 Å². The molecular formula is C24H31N3O. The van der Waals surface area contributed by atoms with Crippen LogP contribution in [0.2, 0.25) is 0 Å². The van der Waals surface area contributed by atoms with Crippen molar-refractivity contribution in [3.8, 4) is 0 Å². The lowest BCUT2D eigenvalue weighted by Gasteiger charge is -2.32. The van der Waals surface area contributed by atoms with Crippen molar-refractivity contribution < 1.29 is 4.79 Å². The molecule has 4 nitrogen and oxygen atoms in total. The number of piperidine rings is 1. The molecule has 0 bridgehead atoms. The van der Waals surface area contributed by atoms with Crippen LogP contribution in [-0.4, -0.2) is 42.0 Å². The second-order valence-corrected chi connectivity index (χ2v) is 8.23. The molecule has 1 amide bonds. The Bertz CT molecular complexity index is 743. The van der Waals surface area contributed by atoms with Gasteiger partial charge in [0, 0.05) is 26.2 Å². The average molecular weight is 378 g/mol. The highest BCUT2D eigenvalue weighted by Crippen LogP contribution is 2.23. The van der Waals surface area contributed by atoms with Gasteiger partial charge in [-0.2, -0.15) is 0 Å². The topological polar surface area (TPSA) is 36.4 Å². The van der Waals surface area contributed by atoms with Gasteiger partial charge in [0.2, 0.25) is 0 Å². The Balaban J connectivity index is 1.31. The lowest BCUT2D eigenvalue weighted by atomic mass is 9.90. The number of nitrogens with zero attached hydrogens (tertiary/aromatic N) is 3. The third kappa shape index (κ3) is 4.73. The van der Waals surface area contributed by atoms with Crippen LogP contribution in [0.5, 0.6) is 0 Å². The third-order valence-electron chi connectivity index (χ3n) is 6.21. The van der Waals surface area contributed by atoms with Gasteiger partial charge < -0.3 is 9.80 Å². The van der Waals surface area contributed by atoms with Gasteiger partial charge in [-0.15, -0.1) is 0 Å². The Kier molecular flexibility index (Phi) is 6.25. The van der Waals surface area contributed by atoms with Crippen molar-refractivity contribution in [3.05, 3.63) is 59.9 Å². The largest absolute Gasteiger partial charge is 0.370 e. The van der Waals surface area contributed by atoms with Crippen molar-refractivity contribution in [2.45, 2.75) is 44.9 Å². The van der Waals surface area contributed by atoms with Crippen LogP contribution in [0, 0.1) is 5.92 Å². The number of pyridine rings is 1. The van der Waals surface area contributed by atoms with Gasteiger partial charge in [-0.25, -0.2) is 4.98 Å². The second kappa shape index (κ2) is 9.22. The van der Waals surface area contributed by atoms with Crippen LogP contribution in [0.4, 0.5) is 5.69 Å². The van der Waals surface area contributed by atoms with E-state index in [-0.39, 0.29) is 5.91 Å². The smallest absolute Gasteiger partial charge is 0.272 e. The Morgan fingerprint density at radius 1 is 0.893 bits per heavy atom. The van der Waals surface area contributed by atoms with E-state index in [9.17, 15) is 4.79 Å². The molecule has 2 fully saturated rings. The van der Waals surface area contributed by atoms with E-state index in [0.717, 1.165) is 51.1 Å². The van der Waals surface area contributed by atoms with Crippen LogP contribution in [0.15, 0.2) is 48.7 Å². The van der Waals surface area contributed by atoms with E-state index in [0.29, 0.717) is 11.6 Å². The molecule has 0 saturated carbocycles. The zero-order valence-corrected chi connectivity index (χ0v) is 16.7. The molecule has 4 rings (SSSR count). The van der Waals surface area contributed by atoms with Crippen molar-refractivity contribution >= 4 is 11.6 Å². The number of benzene rings is 1. The van der Waals surface area contributed by atoms with Crippen LogP contribution in [-0.2, 0) is 6.42 Å². The van der Waals surface area contributed by atoms with Gasteiger partial charge in [0.05, 0.1) is 11.9 Å². The summed E-state index contributed by atoms with van der Waals surface area (Å²) in [6.45, 7) is 3.88. The van der Waals surface area contributed by atoms with Crippen molar-refractivity contribution in [1.82, 2.24) is 9.88 Å². The maximum atomic E-state index is 12.9. The minimum absolute atomic E-state index is 0.0839. The van der Waals surface area contributed by atoms with Gasteiger partial charge in [0.1, 0.15) is 5.69 Å². The lowest BCUT2D eigenvalue weighted by molar-refractivity contribution is 0.0684. The summed E-state index contributed by atoms with van der Waals surface area (Å²) < 4.78 is 0. The molecule has 148 valence electrons. The summed E-state index contributed by atoms with van der Waals surface area (Å²) in [5, 5.41) is 0. The predicted molar refractivity (Wildman–Crippen MR) is 114 cm³/mol. The first-order chi connectivity index (χ1) is 13.8. The molecule has 2 aliphatic rings. The SMILES string of the molecule is O=C(c1ccc(N2CCCCCC2)cn1)N1CCC(Cc2ccccc2)CC1. The summed E-state index contributed by atoms with van der Waals surface area (Å²) in [5.41, 5.74) is 3.14. The van der Waals surface area contributed by atoms with Crippen LogP contribution < -0.4 is 4.90 Å². The van der Waals surface area contributed by atoms with E-state index < -0.39 is 0 Å². The Labute approximate surface area is 168 Å². The third-order valence-corrected chi connectivity index (χ3v) is 6.21. The van der Waals surface area contributed by atoms with Gasteiger partial charge in [-0.3, -0.25) is 4.79 Å². The maximum absolute atomic E-state index is 12.9. The van der Waals surface area contributed by atoms with E-state index in [1.165, 1.54) is 31.2 Å². The normalized spacial score (nSPS) is 18.7. The maximum Gasteiger partial charge on any atom is 0.272 e. The summed E-state index contributed by atoms with van der Waals surface area (Å²) in [6, 6.07) is 14.7. The molecule has 28 heavy (non-hydrogen) atoms. The average Bonchev–Trinajstić information content (AvgIpc) is 3.04. The number of amides is 1. The fourth-order valence-corrected chi connectivity index (χ4v) is 4.48. The number of rotatable bonds is 4. The number of carbonyl (C=O) groups is 1. The molecule has 0 atom stereocenters. The number of hydrogen-bond acceptors (Lipinski definition) is 3. The molecule has 0 aliphatic carbocycles. The number of aromatic nitrogens is 1. The number of likely N-dealkylation sites (tertiary alicyclic amines) is 1. The minimum atomic E-state index is 0.0839. The highest BCUT2D eigenvalue weighted by molar-refractivity contribution is 5.92. The summed E-state index contributed by atoms with van der Waals surface area (Å²) in [5.74, 6) is 0.755. The van der Waals surface area contributed by atoms with Crippen molar-refractivity contribution in [2.24, 2.45) is 5.92 Å². The van der Waals surface area contributed by atoms with Gasteiger partial charge in [0.25, 0.3) is 5.91 Å². The van der Waals surface area contributed by atoms with Crippen LogP contribution >= 0.6 is 0 Å². The van der Waals surface area contributed by atoms with Crippen molar-refractivity contribution in [1.29, 1.82) is 0 Å². The molecule has 4 heteroatoms. The number of anilines is 1. The van der Waals surface area contributed by atoms with Crippen LogP contribution in [0.25, 0.3) is 0 Å². The summed E-state index contributed by atoms with van der Waals surface area (Å²) >= 11 is 0. The zero-order valence-electron chi connectivity index (χ0n) is 16.7. The number of carbonyl (C=O) groups excluding carboxylic acids is 1. The van der Waals surface area contributed by atoms with Crippen molar-refractivity contribution in [3.63, 3.8) is 0 Å². The van der Waals surface area contributed by atoms with Crippen LogP contribution in [0.1, 0.15) is 54.6 Å². The second-order valence-electron chi connectivity index (χ2n) is 8.23. The van der Waals surface area contributed by atoms with Crippen molar-refractivity contribution in [2.75, 3.05) is 31.1 Å². The first-order valence-electron chi connectivity index (χ1n) is 10.8. The molecule has 2 aromatic rings. The van der Waals surface area contributed by atoms with E-state index >= 15 is 0 Å². The summed E-state index contributed by atoms with van der Waals surface area (Å²) in [7, 11) is 0. The molecule has 1 aromatic carbocycles. The summed E-state index contributed by atoms with van der Waals surface area (Å²) in [4.78, 5) is 21.8. The monoisotopic (exact) mass is 377 g/mol. The molecule has 0 radical (unpaired) electrons. The number of hydrogen-bond donors (Lipinski definition) is 0. The highest BCUT2D eigenvalue weighted by atomic mass is 16.2. The lowest BCUT2D eigenvalue weighted by Crippen LogP contribution is -2.39. The fourth-order valence-electron chi connectivity index (χ4n) is 4.48. The molecular weight excluding hydrogens is 346 g/mol. The predicted octanol–water partition coefficient (Wildman–Crippen LogP) is 4.56. The zero-order chi connectivity index (χ0) is 19.2. The van der Waals surface area contributed by atoms with E-state index in [1.54, 1.807) is 0 Å². The van der Waals surface area contributed by atoms with Gasteiger partial charge in [0.15, 0.2) is 0 Å². The Morgan fingerprint density at radius 3 is 2.25 bits per heavy atom. The first-order valence-corrected chi connectivity index (χ1v) is 10.8. The van der Waals surface area contributed by atoms with E-state index in [2.05, 4.69) is 46.3 Å².